The molecule has 2 heterocycles. The molecule has 0 aliphatic rings. The molecule has 1 unspecified atom stereocenters. The largest absolute Gasteiger partial charge is 0.459 e. The number of pyridine rings is 1. The molecule has 2 aromatic carbocycles. The fourth-order valence-corrected chi connectivity index (χ4v) is 2.85. The van der Waals surface area contributed by atoms with E-state index in [1.807, 2.05) is 61.5 Å². The second-order valence-corrected chi connectivity index (χ2v) is 5.76. The van der Waals surface area contributed by atoms with E-state index in [9.17, 15) is 4.79 Å². The highest BCUT2D eigenvalue weighted by Crippen LogP contribution is 2.24. The molecule has 4 rings (SSSR count). The van der Waals surface area contributed by atoms with Gasteiger partial charge in [-0.25, -0.2) is 0 Å². The summed E-state index contributed by atoms with van der Waals surface area (Å²) >= 11 is 0. The van der Waals surface area contributed by atoms with Gasteiger partial charge in [0.1, 0.15) is 11.3 Å². The number of hydrogen-bond donors (Lipinski definition) is 1. The molecule has 118 valence electrons. The lowest BCUT2D eigenvalue weighted by Crippen LogP contribution is -2.26. The van der Waals surface area contributed by atoms with Crippen LogP contribution in [0.1, 0.15) is 29.1 Å². The van der Waals surface area contributed by atoms with Gasteiger partial charge in [0.2, 0.25) is 0 Å². The maximum absolute atomic E-state index is 12.7. The minimum atomic E-state index is -0.233. The molecule has 0 saturated carbocycles. The molecule has 1 amide bonds. The molecule has 24 heavy (non-hydrogen) atoms. The third-order valence-electron chi connectivity index (χ3n) is 4.10. The van der Waals surface area contributed by atoms with Gasteiger partial charge in [0.25, 0.3) is 5.91 Å². The van der Waals surface area contributed by atoms with Crippen molar-refractivity contribution in [1.29, 1.82) is 0 Å². The van der Waals surface area contributed by atoms with Crippen molar-refractivity contribution in [3.8, 4) is 0 Å². The van der Waals surface area contributed by atoms with Gasteiger partial charge in [-0.1, -0.05) is 36.4 Å². The van der Waals surface area contributed by atoms with E-state index in [0.29, 0.717) is 11.1 Å². The lowest BCUT2D eigenvalue weighted by molar-refractivity contribution is 0.0937. The second-order valence-electron chi connectivity index (χ2n) is 5.76. The first-order valence-electron chi connectivity index (χ1n) is 7.85. The fourth-order valence-electron chi connectivity index (χ4n) is 2.85. The van der Waals surface area contributed by atoms with Crippen LogP contribution in [-0.2, 0) is 0 Å². The number of nitrogens with zero attached hydrogens (tertiary/aromatic N) is 1. The Morgan fingerprint density at radius 3 is 2.71 bits per heavy atom. The Morgan fingerprint density at radius 1 is 1.04 bits per heavy atom. The van der Waals surface area contributed by atoms with Crippen molar-refractivity contribution >= 4 is 27.8 Å². The number of carbonyl (C=O) groups excluding carboxylic acids is 1. The average molecular weight is 316 g/mol. The predicted octanol–water partition coefficient (Wildman–Crippen LogP) is 4.47. The van der Waals surface area contributed by atoms with Gasteiger partial charge < -0.3 is 9.73 Å². The van der Waals surface area contributed by atoms with Gasteiger partial charge in [0, 0.05) is 17.0 Å². The van der Waals surface area contributed by atoms with E-state index in [4.69, 9.17) is 4.42 Å². The minimum absolute atomic E-state index is 0.160. The zero-order valence-corrected chi connectivity index (χ0v) is 13.2. The lowest BCUT2D eigenvalue weighted by Gasteiger charge is -2.12. The van der Waals surface area contributed by atoms with Gasteiger partial charge in [-0.3, -0.25) is 9.78 Å². The Balaban J connectivity index is 1.63. The highest BCUT2D eigenvalue weighted by atomic mass is 16.3. The molecule has 0 bridgehead atoms. The van der Waals surface area contributed by atoms with E-state index in [1.165, 1.54) is 0 Å². The number of para-hydroxylation sites is 2. The standard InChI is InChI=1S/C20H16N2O2/c1-13(18-12-15-6-2-3-10-17(15)24-18)22-20(23)16-9-4-7-14-8-5-11-21-19(14)16/h2-13H,1H3,(H,22,23). The van der Waals surface area contributed by atoms with Crippen LogP contribution >= 0.6 is 0 Å². The number of hydrogen-bond acceptors (Lipinski definition) is 3. The van der Waals surface area contributed by atoms with Crippen LogP contribution in [-0.4, -0.2) is 10.9 Å². The summed E-state index contributed by atoms with van der Waals surface area (Å²) in [7, 11) is 0. The van der Waals surface area contributed by atoms with Gasteiger partial charge in [0.15, 0.2) is 0 Å². The number of nitrogens with one attached hydrogen (secondary N) is 1. The van der Waals surface area contributed by atoms with Gasteiger partial charge in [0.05, 0.1) is 17.1 Å². The van der Waals surface area contributed by atoms with Gasteiger partial charge in [-0.05, 0) is 31.2 Å². The summed E-state index contributed by atoms with van der Waals surface area (Å²) in [6, 6.07) is 18.9. The summed E-state index contributed by atoms with van der Waals surface area (Å²) < 4.78 is 5.82. The Kier molecular flexibility index (Phi) is 3.50. The Labute approximate surface area is 139 Å². The summed E-state index contributed by atoms with van der Waals surface area (Å²) in [5.74, 6) is 0.574. The fraction of sp³-hybridized carbons (Fsp3) is 0.100. The van der Waals surface area contributed by atoms with Crippen LogP contribution in [0.25, 0.3) is 21.9 Å². The summed E-state index contributed by atoms with van der Waals surface area (Å²) in [5, 5.41) is 4.97. The molecule has 0 fully saturated rings. The lowest BCUT2D eigenvalue weighted by atomic mass is 10.1. The van der Waals surface area contributed by atoms with Crippen LogP contribution in [0.3, 0.4) is 0 Å². The summed E-state index contributed by atoms with van der Waals surface area (Å²) in [6.07, 6.45) is 1.70. The molecule has 0 aliphatic heterocycles. The summed E-state index contributed by atoms with van der Waals surface area (Å²) in [4.78, 5) is 17.0. The Morgan fingerprint density at radius 2 is 1.83 bits per heavy atom. The molecule has 4 nitrogen and oxygen atoms in total. The van der Waals surface area contributed by atoms with Crippen LogP contribution in [0.15, 0.2) is 71.3 Å². The molecule has 0 radical (unpaired) electrons. The smallest absolute Gasteiger partial charge is 0.254 e. The first-order valence-corrected chi connectivity index (χ1v) is 7.85. The first kappa shape index (κ1) is 14.5. The third kappa shape index (κ3) is 2.52. The molecule has 4 heteroatoms. The van der Waals surface area contributed by atoms with Crippen molar-refractivity contribution in [3.05, 3.63) is 78.2 Å². The zero-order valence-electron chi connectivity index (χ0n) is 13.2. The Bertz CT molecular complexity index is 998. The van der Waals surface area contributed by atoms with Gasteiger partial charge >= 0.3 is 0 Å². The molecule has 1 N–H and O–H groups in total. The molecule has 0 spiro atoms. The molecule has 0 aliphatic carbocycles. The summed E-state index contributed by atoms with van der Waals surface area (Å²) in [5.41, 5.74) is 2.09. The van der Waals surface area contributed by atoms with Crippen LogP contribution in [0, 0.1) is 0 Å². The third-order valence-corrected chi connectivity index (χ3v) is 4.10. The van der Waals surface area contributed by atoms with E-state index in [2.05, 4.69) is 10.3 Å². The zero-order chi connectivity index (χ0) is 16.5. The number of carbonyl (C=O) groups is 1. The number of amides is 1. The normalized spacial score (nSPS) is 12.4. The second kappa shape index (κ2) is 5.81. The van der Waals surface area contributed by atoms with Crippen molar-refractivity contribution in [1.82, 2.24) is 10.3 Å². The molecular weight excluding hydrogens is 300 g/mol. The van der Waals surface area contributed by atoms with Gasteiger partial charge in [-0.2, -0.15) is 0 Å². The van der Waals surface area contributed by atoms with Crippen LogP contribution in [0.4, 0.5) is 0 Å². The number of benzene rings is 2. The number of aromatic nitrogens is 1. The number of rotatable bonds is 3. The van der Waals surface area contributed by atoms with Crippen molar-refractivity contribution in [2.24, 2.45) is 0 Å². The van der Waals surface area contributed by atoms with Crippen molar-refractivity contribution in [2.75, 3.05) is 0 Å². The molecule has 0 saturated heterocycles. The minimum Gasteiger partial charge on any atom is -0.459 e. The van der Waals surface area contributed by atoms with Crippen LogP contribution < -0.4 is 5.32 Å². The van der Waals surface area contributed by atoms with Gasteiger partial charge in [-0.15, -0.1) is 0 Å². The van der Waals surface area contributed by atoms with E-state index in [-0.39, 0.29) is 11.9 Å². The monoisotopic (exact) mass is 316 g/mol. The molecule has 2 aromatic heterocycles. The quantitative estimate of drug-likeness (QED) is 0.606. The predicted molar refractivity (Wildman–Crippen MR) is 93.8 cm³/mol. The molecule has 1 atom stereocenters. The first-order chi connectivity index (χ1) is 11.7. The molecular formula is C20H16N2O2. The number of fused-ring (bicyclic) bond motifs is 2. The van der Waals surface area contributed by atoms with Crippen molar-refractivity contribution in [2.45, 2.75) is 13.0 Å². The number of furan rings is 1. The maximum atomic E-state index is 12.7. The van der Waals surface area contributed by atoms with E-state index >= 15 is 0 Å². The highest BCUT2D eigenvalue weighted by Gasteiger charge is 2.17. The SMILES string of the molecule is CC(NC(=O)c1cccc2cccnc12)c1cc2ccccc2o1. The molecule has 4 aromatic rings. The van der Waals surface area contributed by atoms with Crippen molar-refractivity contribution in [3.63, 3.8) is 0 Å². The Hall–Kier alpha value is -3.14. The van der Waals surface area contributed by atoms with E-state index in [1.54, 1.807) is 12.3 Å². The van der Waals surface area contributed by atoms with Crippen LogP contribution in [0.2, 0.25) is 0 Å². The van der Waals surface area contributed by atoms with E-state index < -0.39 is 0 Å². The maximum Gasteiger partial charge on any atom is 0.254 e. The van der Waals surface area contributed by atoms with E-state index in [0.717, 1.165) is 22.1 Å². The average Bonchev–Trinajstić information content (AvgIpc) is 3.05. The highest BCUT2D eigenvalue weighted by molar-refractivity contribution is 6.05. The van der Waals surface area contributed by atoms with Crippen molar-refractivity contribution < 1.29 is 9.21 Å². The van der Waals surface area contributed by atoms with Crippen LogP contribution in [0.5, 0.6) is 0 Å². The topological polar surface area (TPSA) is 55.1 Å². The summed E-state index contributed by atoms with van der Waals surface area (Å²) in [6.45, 7) is 1.91.